The van der Waals surface area contributed by atoms with E-state index in [0.717, 1.165) is 6.42 Å². The second-order valence-electron chi connectivity index (χ2n) is 3.27. The summed E-state index contributed by atoms with van der Waals surface area (Å²) in [5.41, 5.74) is 0.762. The van der Waals surface area contributed by atoms with Gasteiger partial charge < -0.3 is 15.2 Å². The lowest BCUT2D eigenvalue weighted by Crippen LogP contribution is -2.09. The minimum atomic E-state index is -0.989. The van der Waals surface area contributed by atoms with Gasteiger partial charge >= 0.3 is 5.97 Å². The number of ether oxygens (including phenoxy) is 1. The van der Waals surface area contributed by atoms with Gasteiger partial charge in [0, 0.05) is 31.0 Å². The number of hydrogen-bond acceptors (Lipinski definition) is 3. The summed E-state index contributed by atoms with van der Waals surface area (Å²) in [6, 6.07) is 4.76. The summed E-state index contributed by atoms with van der Waals surface area (Å²) in [5, 5.41) is 12.4. The zero-order valence-electron chi connectivity index (χ0n) is 9.00. The van der Waals surface area contributed by atoms with Crippen molar-refractivity contribution in [2.24, 2.45) is 0 Å². The maximum absolute atomic E-state index is 10.9. The lowest BCUT2D eigenvalue weighted by Gasteiger charge is -2.09. The van der Waals surface area contributed by atoms with Crippen LogP contribution in [0.3, 0.4) is 0 Å². The van der Waals surface area contributed by atoms with Crippen molar-refractivity contribution in [3.63, 3.8) is 0 Å². The van der Waals surface area contributed by atoms with E-state index in [9.17, 15) is 4.79 Å². The van der Waals surface area contributed by atoms with Gasteiger partial charge in [0.15, 0.2) is 0 Å². The van der Waals surface area contributed by atoms with Crippen molar-refractivity contribution in [3.8, 4) is 0 Å². The number of carbonyl (C=O) groups is 1. The standard InChI is InChI=1S/C11H14ClNO3/c1-16-6-2-5-13-10-4-3-8(12)7-9(10)11(14)15/h3-4,7,13H,2,5-6H2,1H3,(H,14,15). The SMILES string of the molecule is COCCCNc1ccc(Cl)cc1C(=O)O. The maximum atomic E-state index is 10.9. The number of hydrogen-bond donors (Lipinski definition) is 2. The summed E-state index contributed by atoms with van der Waals surface area (Å²) in [5.74, 6) is -0.989. The predicted molar refractivity (Wildman–Crippen MR) is 63.4 cm³/mol. The Morgan fingerprint density at radius 3 is 2.94 bits per heavy atom. The first kappa shape index (κ1) is 12.8. The number of halogens is 1. The van der Waals surface area contributed by atoms with E-state index in [0.29, 0.717) is 23.9 Å². The van der Waals surface area contributed by atoms with Crippen LogP contribution in [-0.2, 0) is 4.74 Å². The summed E-state index contributed by atoms with van der Waals surface area (Å²) in [6.07, 6.45) is 0.818. The van der Waals surface area contributed by atoms with Crippen molar-refractivity contribution >= 4 is 23.3 Å². The van der Waals surface area contributed by atoms with Gasteiger partial charge in [-0.15, -0.1) is 0 Å². The number of anilines is 1. The number of methoxy groups -OCH3 is 1. The monoisotopic (exact) mass is 243 g/mol. The normalized spacial score (nSPS) is 10.1. The highest BCUT2D eigenvalue weighted by Gasteiger charge is 2.09. The second kappa shape index (κ2) is 6.35. The van der Waals surface area contributed by atoms with E-state index in [1.807, 2.05) is 0 Å². The predicted octanol–water partition coefficient (Wildman–Crippen LogP) is 2.49. The summed E-state index contributed by atoms with van der Waals surface area (Å²) in [4.78, 5) is 10.9. The van der Waals surface area contributed by atoms with E-state index in [-0.39, 0.29) is 5.56 Å². The van der Waals surface area contributed by atoms with Crippen LogP contribution in [0.4, 0.5) is 5.69 Å². The van der Waals surface area contributed by atoms with Crippen LogP contribution in [-0.4, -0.2) is 31.3 Å². The molecule has 0 aliphatic carbocycles. The molecule has 0 atom stereocenters. The zero-order chi connectivity index (χ0) is 12.0. The number of benzene rings is 1. The highest BCUT2D eigenvalue weighted by atomic mass is 35.5. The van der Waals surface area contributed by atoms with Gasteiger partial charge in [0.05, 0.1) is 5.56 Å². The summed E-state index contributed by atoms with van der Waals surface area (Å²) >= 11 is 5.73. The molecule has 5 heteroatoms. The Bertz CT molecular complexity index is 368. The van der Waals surface area contributed by atoms with Crippen LogP contribution in [0.5, 0.6) is 0 Å². The number of carboxylic acids is 1. The molecule has 4 nitrogen and oxygen atoms in total. The molecule has 0 spiro atoms. The van der Waals surface area contributed by atoms with Crippen LogP contribution < -0.4 is 5.32 Å². The Kier molecular flexibility index (Phi) is 5.08. The Labute approximate surface area is 99.2 Å². The lowest BCUT2D eigenvalue weighted by atomic mass is 10.2. The van der Waals surface area contributed by atoms with E-state index in [1.54, 1.807) is 19.2 Å². The summed E-state index contributed by atoms with van der Waals surface area (Å²) in [6.45, 7) is 1.30. The molecule has 16 heavy (non-hydrogen) atoms. The van der Waals surface area contributed by atoms with Gasteiger partial charge in [-0.3, -0.25) is 0 Å². The Balaban J connectivity index is 2.67. The van der Waals surface area contributed by atoms with Gasteiger partial charge in [-0.05, 0) is 24.6 Å². The van der Waals surface area contributed by atoms with Gasteiger partial charge in [-0.1, -0.05) is 11.6 Å². The van der Waals surface area contributed by atoms with Crippen LogP contribution in [0.2, 0.25) is 5.02 Å². The molecule has 0 amide bonds. The minimum absolute atomic E-state index is 0.185. The van der Waals surface area contributed by atoms with Gasteiger partial charge in [0.2, 0.25) is 0 Å². The first-order valence-electron chi connectivity index (χ1n) is 4.91. The molecule has 1 aromatic carbocycles. The van der Waals surface area contributed by atoms with E-state index >= 15 is 0 Å². The van der Waals surface area contributed by atoms with Crippen molar-refractivity contribution in [3.05, 3.63) is 28.8 Å². The molecule has 1 rings (SSSR count). The molecule has 0 saturated carbocycles. The van der Waals surface area contributed by atoms with Crippen LogP contribution >= 0.6 is 11.6 Å². The van der Waals surface area contributed by atoms with E-state index in [2.05, 4.69) is 5.32 Å². The number of rotatable bonds is 6. The third kappa shape index (κ3) is 3.72. The van der Waals surface area contributed by atoms with Gasteiger partial charge in [0.1, 0.15) is 0 Å². The van der Waals surface area contributed by atoms with Gasteiger partial charge in [-0.25, -0.2) is 4.79 Å². The molecule has 0 unspecified atom stereocenters. The molecular formula is C11H14ClNO3. The average Bonchev–Trinajstić information content (AvgIpc) is 2.26. The first-order chi connectivity index (χ1) is 7.65. The Morgan fingerprint density at radius 2 is 2.31 bits per heavy atom. The largest absolute Gasteiger partial charge is 0.478 e. The quantitative estimate of drug-likeness (QED) is 0.754. The molecule has 0 heterocycles. The smallest absolute Gasteiger partial charge is 0.337 e. The van der Waals surface area contributed by atoms with Crippen LogP contribution in [0.15, 0.2) is 18.2 Å². The van der Waals surface area contributed by atoms with Crippen molar-refractivity contribution in [2.45, 2.75) is 6.42 Å². The number of nitrogens with one attached hydrogen (secondary N) is 1. The number of carboxylic acid groups (broad SMARTS) is 1. The molecular weight excluding hydrogens is 230 g/mol. The van der Waals surface area contributed by atoms with E-state index in [1.165, 1.54) is 6.07 Å². The average molecular weight is 244 g/mol. The van der Waals surface area contributed by atoms with E-state index in [4.69, 9.17) is 21.4 Å². The van der Waals surface area contributed by atoms with Crippen LogP contribution in [0.1, 0.15) is 16.8 Å². The van der Waals surface area contributed by atoms with Crippen molar-refractivity contribution in [2.75, 3.05) is 25.6 Å². The van der Waals surface area contributed by atoms with E-state index < -0.39 is 5.97 Å². The molecule has 1 aromatic rings. The topological polar surface area (TPSA) is 58.6 Å². The molecule has 0 radical (unpaired) electrons. The summed E-state index contributed by atoms with van der Waals surface area (Å²) in [7, 11) is 1.63. The molecule has 2 N–H and O–H groups in total. The molecule has 0 bridgehead atoms. The second-order valence-corrected chi connectivity index (χ2v) is 3.70. The maximum Gasteiger partial charge on any atom is 0.337 e. The number of aromatic carboxylic acids is 1. The molecule has 0 saturated heterocycles. The Hall–Kier alpha value is -1.26. The fourth-order valence-corrected chi connectivity index (χ4v) is 1.46. The lowest BCUT2D eigenvalue weighted by molar-refractivity contribution is 0.0698. The van der Waals surface area contributed by atoms with Gasteiger partial charge in [0.25, 0.3) is 0 Å². The first-order valence-corrected chi connectivity index (χ1v) is 5.28. The van der Waals surface area contributed by atoms with Crippen molar-refractivity contribution < 1.29 is 14.6 Å². The third-order valence-corrected chi connectivity index (χ3v) is 2.29. The van der Waals surface area contributed by atoms with Crippen LogP contribution in [0, 0.1) is 0 Å². The molecule has 88 valence electrons. The summed E-state index contributed by atoms with van der Waals surface area (Å²) < 4.78 is 4.90. The fraction of sp³-hybridized carbons (Fsp3) is 0.364. The van der Waals surface area contributed by atoms with Crippen molar-refractivity contribution in [1.29, 1.82) is 0 Å². The third-order valence-electron chi connectivity index (χ3n) is 2.05. The molecule has 0 aliphatic heterocycles. The zero-order valence-corrected chi connectivity index (χ0v) is 9.75. The highest BCUT2D eigenvalue weighted by Crippen LogP contribution is 2.20. The molecule has 0 fully saturated rings. The highest BCUT2D eigenvalue weighted by molar-refractivity contribution is 6.31. The minimum Gasteiger partial charge on any atom is -0.478 e. The Morgan fingerprint density at radius 1 is 1.56 bits per heavy atom. The fourth-order valence-electron chi connectivity index (χ4n) is 1.29. The molecule has 0 aromatic heterocycles. The molecule has 0 aliphatic rings. The van der Waals surface area contributed by atoms with Crippen LogP contribution in [0.25, 0.3) is 0 Å². The van der Waals surface area contributed by atoms with Crippen molar-refractivity contribution in [1.82, 2.24) is 0 Å². The van der Waals surface area contributed by atoms with Gasteiger partial charge in [-0.2, -0.15) is 0 Å².